The van der Waals surface area contributed by atoms with Crippen LogP contribution >= 0.6 is 15.9 Å². The highest BCUT2D eigenvalue weighted by atomic mass is 79.9. The molecule has 0 bridgehead atoms. The number of hydrogen-bond donors (Lipinski definition) is 1. The van der Waals surface area contributed by atoms with Crippen LogP contribution in [0.15, 0.2) is 22.7 Å². The van der Waals surface area contributed by atoms with Crippen molar-refractivity contribution in [3.8, 4) is 5.75 Å². The van der Waals surface area contributed by atoms with Crippen LogP contribution < -0.4 is 10.1 Å². The van der Waals surface area contributed by atoms with E-state index < -0.39 is 0 Å². The van der Waals surface area contributed by atoms with Crippen molar-refractivity contribution in [3.05, 3.63) is 28.2 Å². The number of rotatable bonds is 4. The average molecular weight is 327 g/mol. The zero-order valence-corrected chi connectivity index (χ0v) is 13.5. The molecule has 0 aromatic heterocycles. The summed E-state index contributed by atoms with van der Waals surface area (Å²) in [5, 5.41) is 3.49. The van der Waals surface area contributed by atoms with Gasteiger partial charge in [-0.1, -0.05) is 29.8 Å². The molecule has 1 heterocycles. The van der Waals surface area contributed by atoms with Crippen LogP contribution in [-0.2, 0) is 6.54 Å². The summed E-state index contributed by atoms with van der Waals surface area (Å²) in [5.41, 5.74) is 1.30. The number of benzene rings is 1. The van der Waals surface area contributed by atoms with Gasteiger partial charge >= 0.3 is 0 Å². The Kier molecular flexibility index (Phi) is 5.25. The van der Waals surface area contributed by atoms with Gasteiger partial charge in [0.05, 0.1) is 7.11 Å². The zero-order valence-electron chi connectivity index (χ0n) is 11.9. The molecule has 1 aliphatic heterocycles. The predicted octanol–water partition coefficient (Wildman–Crippen LogP) is 2.89. The number of nitrogens with one attached hydrogen (secondary N) is 1. The summed E-state index contributed by atoms with van der Waals surface area (Å²) in [6, 6.07) is 6.79. The lowest BCUT2D eigenvalue weighted by Crippen LogP contribution is -2.53. The molecule has 1 unspecified atom stereocenters. The molecule has 1 aromatic carbocycles. The van der Waals surface area contributed by atoms with Gasteiger partial charge in [0.15, 0.2) is 0 Å². The molecule has 1 saturated heterocycles. The van der Waals surface area contributed by atoms with Crippen LogP contribution in [-0.4, -0.2) is 37.7 Å². The largest absolute Gasteiger partial charge is 0.497 e. The van der Waals surface area contributed by atoms with Crippen molar-refractivity contribution in [3.63, 3.8) is 0 Å². The molecular formula is C15H23BrN2O. The number of halogens is 1. The second-order valence-corrected chi connectivity index (χ2v) is 6.30. The lowest BCUT2D eigenvalue weighted by molar-refractivity contribution is 0.117. The van der Waals surface area contributed by atoms with E-state index in [1.165, 1.54) is 5.56 Å². The summed E-state index contributed by atoms with van der Waals surface area (Å²) in [6.45, 7) is 8.83. The van der Waals surface area contributed by atoms with Gasteiger partial charge < -0.3 is 10.1 Å². The number of hydrogen-bond acceptors (Lipinski definition) is 3. The van der Waals surface area contributed by atoms with E-state index in [0.29, 0.717) is 12.0 Å². The standard InChI is InChI=1S/C15H23BrN2O/c1-11(2)15-9-17-6-7-18(15)10-12-8-13(19-3)4-5-14(12)16/h4-5,8,11,15,17H,6-7,9-10H2,1-3H3. The van der Waals surface area contributed by atoms with Gasteiger partial charge in [-0.25, -0.2) is 0 Å². The van der Waals surface area contributed by atoms with E-state index in [2.05, 4.69) is 52.1 Å². The Hall–Kier alpha value is -0.580. The van der Waals surface area contributed by atoms with E-state index in [1.807, 2.05) is 6.07 Å². The summed E-state index contributed by atoms with van der Waals surface area (Å²) in [5.74, 6) is 1.59. The SMILES string of the molecule is COc1ccc(Br)c(CN2CCNCC2C(C)C)c1. The molecule has 0 aliphatic carbocycles. The molecule has 3 nitrogen and oxygen atoms in total. The molecule has 0 saturated carbocycles. The van der Waals surface area contributed by atoms with Gasteiger partial charge in [-0.15, -0.1) is 0 Å². The van der Waals surface area contributed by atoms with Gasteiger partial charge in [0.2, 0.25) is 0 Å². The van der Waals surface area contributed by atoms with Crippen molar-refractivity contribution >= 4 is 15.9 Å². The van der Waals surface area contributed by atoms with Gasteiger partial charge in [-0.3, -0.25) is 4.90 Å². The smallest absolute Gasteiger partial charge is 0.119 e. The highest BCUT2D eigenvalue weighted by Crippen LogP contribution is 2.25. The molecule has 1 aromatic rings. The molecule has 1 N–H and O–H groups in total. The topological polar surface area (TPSA) is 24.5 Å². The zero-order chi connectivity index (χ0) is 13.8. The maximum Gasteiger partial charge on any atom is 0.119 e. The number of nitrogens with zero attached hydrogens (tertiary/aromatic N) is 1. The molecule has 106 valence electrons. The first-order valence-electron chi connectivity index (χ1n) is 6.89. The minimum absolute atomic E-state index is 0.604. The Morgan fingerprint density at radius 3 is 2.95 bits per heavy atom. The predicted molar refractivity (Wildman–Crippen MR) is 82.6 cm³/mol. The Morgan fingerprint density at radius 1 is 1.47 bits per heavy atom. The van der Waals surface area contributed by atoms with Crippen LogP contribution in [0.5, 0.6) is 5.75 Å². The van der Waals surface area contributed by atoms with Gasteiger partial charge in [0, 0.05) is 36.7 Å². The van der Waals surface area contributed by atoms with E-state index in [0.717, 1.165) is 36.4 Å². The first-order valence-corrected chi connectivity index (χ1v) is 7.68. The van der Waals surface area contributed by atoms with E-state index in [-0.39, 0.29) is 0 Å². The molecular weight excluding hydrogens is 304 g/mol. The average Bonchev–Trinajstić information content (AvgIpc) is 2.41. The first-order chi connectivity index (χ1) is 9.11. The van der Waals surface area contributed by atoms with E-state index in [1.54, 1.807) is 7.11 Å². The van der Waals surface area contributed by atoms with Crippen LogP contribution in [0.25, 0.3) is 0 Å². The monoisotopic (exact) mass is 326 g/mol. The molecule has 1 atom stereocenters. The third-order valence-corrected chi connectivity index (χ3v) is 4.57. The number of methoxy groups -OCH3 is 1. The molecule has 0 amide bonds. The van der Waals surface area contributed by atoms with Crippen molar-refractivity contribution in [1.29, 1.82) is 0 Å². The van der Waals surface area contributed by atoms with E-state index in [9.17, 15) is 0 Å². The first kappa shape index (κ1) is 14.8. The van der Waals surface area contributed by atoms with Crippen LogP contribution in [0.4, 0.5) is 0 Å². The van der Waals surface area contributed by atoms with Crippen LogP contribution in [0.2, 0.25) is 0 Å². The molecule has 19 heavy (non-hydrogen) atoms. The van der Waals surface area contributed by atoms with E-state index >= 15 is 0 Å². The second-order valence-electron chi connectivity index (χ2n) is 5.44. The number of ether oxygens (including phenoxy) is 1. The number of piperazine rings is 1. The summed E-state index contributed by atoms with van der Waals surface area (Å²) in [4.78, 5) is 2.57. The van der Waals surface area contributed by atoms with Crippen LogP contribution in [0.3, 0.4) is 0 Å². The van der Waals surface area contributed by atoms with Crippen molar-refractivity contribution < 1.29 is 4.74 Å². The molecule has 0 radical (unpaired) electrons. The third-order valence-electron chi connectivity index (χ3n) is 3.79. The Morgan fingerprint density at radius 2 is 2.26 bits per heavy atom. The molecule has 0 spiro atoms. The molecule has 1 fully saturated rings. The summed E-state index contributed by atoms with van der Waals surface area (Å²) < 4.78 is 6.48. The second kappa shape index (κ2) is 6.73. The quantitative estimate of drug-likeness (QED) is 0.920. The lowest BCUT2D eigenvalue weighted by Gasteiger charge is -2.38. The highest BCUT2D eigenvalue weighted by Gasteiger charge is 2.25. The lowest BCUT2D eigenvalue weighted by atomic mass is 10.00. The normalized spacial score (nSPS) is 20.8. The minimum Gasteiger partial charge on any atom is -0.497 e. The van der Waals surface area contributed by atoms with Crippen LogP contribution in [0.1, 0.15) is 19.4 Å². The Bertz CT molecular complexity index is 423. The van der Waals surface area contributed by atoms with Gasteiger partial charge in [0.25, 0.3) is 0 Å². The summed E-state index contributed by atoms with van der Waals surface area (Å²) in [7, 11) is 1.72. The molecule has 4 heteroatoms. The maximum atomic E-state index is 5.32. The Balaban J connectivity index is 2.14. The van der Waals surface area contributed by atoms with Crippen molar-refractivity contribution in [2.24, 2.45) is 5.92 Å². The van der Waals surface area contributed by atoms with E-state index in [4.69, 9.17) is 4.74 Å². The van der Waals surface area contributed by atoms with Crippen molar-refractivity contribution in [2.75, 3.05) is 26.7 Å². The molecule has 1 aliphatic rings. The highest BCUT2D eigenvalue weighted by molar-refractivity contribution is 9.10. The van der Waals surface area contributed by atoms with Crippen molar-refractivity contribution in [2.45, 2.75) is 26.4 Å². The maximum absolute atomic E-state index is 5.32. The molecule has 2 rings (SSSR count). The fourth-order valence-corrected chi connectivity index (χ4v) is 3.01. The van der Waals surface area contributed by atoms with Crippen LogP contribution in [0, 0.1) is 5.92 Å². The Labute approximate surface area is 124 Å². The van der Waals surface area contributed by atoms with Gasteiger partial charge in [0.1, 0.15) is 5.75 Å². The summed E-state index contributed by atoms with van der Waals surface area (Å²) >= 11 is 3.65. The minimum atomic E-state index is 0.604. The van der Waals surface area contributed by atoms with Gasteiger partial charge in [-0.05, 0) is 29.7 Å². The van der Waals surface area contributed by atoms with Gasteiger partial charge in [-0.2, -0.15) is 0 Å². The fourth-order valence-electron chi connectivity index (χ4n) is 2.64. The summed E-state index contributed by atoms with van der Waals surface area (Å²) in [6.07, 6.45) is 0. The third kappa shape index (κ3) is 3.71. The fraction of sp³-hybridized carbons (Fsp3) is 0.600. The van der Waals surface area contributed by atoms with Crippen molar-refractivity contribution in [1.82, 2.24) is 10.2 Å².